The number of H-pyrrole nitrogens is 1. The van der Waals surface area contributed by atoms with Gasteiger partial charge in [-0.05, 0) is 32.4 Å². The maximum Gasteiger partial charge on any atom is 0.403 e. The predicted octanol–water partition coefficient (Wildman–Crippen LogP) is 1.62. The van der Waals surface area contributed by atoms with Crippen molar-refractivity contribution in [2.45, 2.75) is 32.5 Å². The summed E-state index contributed by atoms with van der Waals surface area (Å²) in [5.74, 6) is -0.152. The number of rotatable bonds is 3. The molecule has 0 spiro atoms. The Morgan fingerprint density at radius 1 is 1.23 bits per heavy atom. The Morgan fingerprint density at radius 2 is 2.00 bits per heavy atom. The molecule has 12 heteroatoms. The van der Waals surface area contributed by atoms with Gasteiger partial charge in [-0.15, -0.1) is 5.10 Å². The predicted molar refractivity (Wildman–Crippen MR) is 105 cm³/mol. The lowest BCUT2D eigenvalue weighted by molar-refractivity contribution is -0.178. The lowest BCUT2D eigenvalue weighted by Gasteiger charge is -2.29. The van der Waals surface area contributed by atoms with E-state index in [0.29, 0.717) is 29.7 Å². The molecule has 1 atom stereocenters. The Labute approximate surface area is 175 Å². The van der Waals surface area contributed by atoms with Crippen molar-refractivity contribution in [2.24, 2.45) is 0 Å². The first-order valence-corrected chi connectivity index (χ1v) is 9.89. The van der Waals surface area contributed by atoms with E-state index in [0.717, 1.165) is 6.92 Å². The zero-order chi connectivity index (χ0) is 22.3. The van der Waals surface area contributed by atoms with Crippen LogP contribution in [0.4, 0.5) is 13.2 Å². The third-order valence-electron chi connectivity index (χ3n) is 5.67. The van der Waals surface area contributed by atoms with Crippen LogP contribution < -0.4 is 5.56 Å². The van der Waals surface area contributed by atoms with Gasteiger partial charge in [-0.3, -0.25) is 19.5 Å². The monoisotopic (exact) mass is 437 g/mol. The van der Waals surface area contributed by atoms with Crippen molar-refractivity contribution in [3.05, 3.63) is 46.1 Å². The number of aromatic amines is 1. The maximum atomic E-state index is 13.1. The van der Waals surface area contributed by atoms with Crippen LogP contribution in [0.3, 0.4) is 0 Å². The number of amides is 1. The first kappa shape index (κ1) is 21.1. The Morgan fingerprint density at radius 3 is 2.74 bits per heavy atom. The molecule has 1 N–H and O–H groups in total. The molecule has 0 saturated carbocycles. The summed E-state index contributed by atoms with van der Waals surface area (Å²) in [4.78, 5) is 30.8. The van der Waals surface area contributed by atoms with E-state index in [1.165, 1.54) is 20.3 Å². The molecular weight excluding hydrogens is 415 g/mol. The van der Waals surface area contributed by atoms with Crippen molar-refractivity contribution in [3.63, 3.8) is 0 Å². The minimum atomic E-state index is -4.30. The van der Waals surface area contributed by atoms with Gasteiger partial charge in [0.1, 0.15) is 11.6 Å². The Kier molecular flexibility index (Phi) is 5.33. The molecule has 9 nitrogen and oxygen atoms in total. The molecule has 0 bridgehead atoms. The highest BCUT2D eigenvalue weighted by molar-refractivity contribution is 5.95. The van der Waals surface area contributed by atoms with E-state index in [9.17, 15) is 22.8 Å². The fraction of sp³-hybridized carbons (Fsp3) is 0.474. The maximum absolute atomic E-state index is 13.1. The first-order valence-electron chi connectivity index (χ1n) is 9.89. The second-order valence-electron chi connectivity index (χ2n) is 7.57. The van der Waals surface area contributed by atoms with Crippen molar-refractivity contribution in [3.8, 4) is 5.95 Å². The lowest BCUT2D eigenvalue weighted by Crippen LogP contribution is -2.45. The Hall–Kier alpha value is -3.15. The van der Waals surface area contributed by atoms with Crippen molar-refractivity contribution in [1.82, 2.24) is 34.2 Å². The highest BCUT2D eigenvalue weighted by Gasteiger charge is 2.40. The van der Waals surface area contributed by atoms with Gasteiger partial charge in [-0.1, -0.05) is 0 Å². The number of aromatic nitrogens is 5. The quantitative estimate of drug-likeness (QED) is 0.672. The topological polar surface area (TPSA) is 91.5 Å². The van der Waals surface area contributed by atoms with E-state index >= 15 is 0 Å². The van der Waals surface area contributed by atoms with Gasteiger partial charge >= 0.3 is 6.18 Å². The summed E-state index contributed by atoms with van der Waals surface area (Å²) in [6.07, 6.45) is -0.845. The third kappa shape index (κ3) is 3.94. The van der Waals surface area contributed by atoms with Gasteiger partial charge in [0, 0.05) is 32.4 Å². The summed E-state index contributed by atoms with van der Waals surface area (Å²) in [5, 5.41) is 8.50. The number of fused-ring (bicyclic) bond motifs is 1. The van der Waals surface area contributed by atoms with Crippen LogP contribution in [-0.2, 0) is 0 Å². The summed E-state index contributed by atoms with van der Waals surface area (Å²) in [5.41, 5.74) is 0.827. The average molecular weight is 437 g/mol. The standard InChI is InChI=1S/C19H22F3N7O2/c1-12-14(11-23-29(12)18-24-16(30)15-5-3-8-28(15)25-18)17(31)27-7-4-6-26(9-10-27)13(2)19(20,21)22/h3,5,8,11,13H,4,6-7,9-10H2,1-2H3,(H,24,25,30). The fourth-order valence-corrected chi connectivity index (χ4v) is 3.77. The number of hydrogen-bond acceptors (Lipinski definition) is 5. The molecule has 1 amide bonds. The number of carbonyl (C=O) groups excluding carboxylic acids is 1. The molecule has 1 aliphatic rings. The van der Waals surface area contributed by atoms with Crippen LogP contribution in [0.2, 0.25) is 0 Å². The van der Waals surface area contributed by atoms with Crippen molar-refractivity contribution < 1.29 is 18.0 Å². The molecule has 3 aromatic heterocycles. The molecule has 166 valence electrons. The molecular formula is C19H22F3N7O2. The zero-order valence-corrected chi connectivity index (χ0v) is 17.1. The van der Waals surface area contributed by atoms with Crippen LogP contribution >= 0.6 is 0 Å². The number of nitrogens with one attached hydrogen (secondary N) is 1. The van der Waals surface area contributed by atoms with Crippen molar-refractivity contribution in [2.75, 3.05) is 26.2 Å². The molecule has 1 saturated heterocycles. The number of carbonyl (C=O) groups is 1. The van der Waals surface area contributed by atoms with E-state index in [1.54, 1.807) is 30.2 Å². The highest BCUT2D eigenvalue weighted by atomic mass is 19.4. The molecule has 4 heterocycles. The summed E-state index contributed by atoms with van der Waals surface area (Å²) >= 11 is 0. The minimum absolute atomic E-state index is 0.138. The molecule has 3 aromatic rings. The summed E-state index contributed by atoms with van der Waals surface area (Å²) in [6, 6.07) is 1.76. The number of alkyl halides is 3. The lowest BCUT2D eigenvalue weighted by atomic mass is 10.2. The second-order valence-corrected chi connectivity index (χ2v) is 7.57. The van der Waals surface area contributed by atoms with E-state index in [4.69, 9.17) is 0 Å². The molecule has 0 radical (unpaired) electrons. The summed E-state index contributed by atoms with van der Waals surface area (Å²) in [6.45, 7) is 3.77. The summed E-state index contributed by atoms with van der Waals surface area (Å²) in [7, 11) is 0. The van der Waals surface area contributed by atoms with Crippen LogP contribution in [0.5, 0.6) is 0 Å². The van der Waals surface area contributed by atoms with Gasteiger partial charge in [0.25, 0.3) is 11.5 Å². The molecule has 0 aromatic carbocycles. The van der Waals surface area contributed by atoms with Crippen LogP contribution in [0.1, 0.15) is 29.4 Å². The van der Waals surface area contributed by atoms with Crippen LogP contribution in [0.15, 0.2) is 29.3 Å². The molecule has 1 fully saturated rings. The van der Waals surface area contributed by atoms with Crippen molar-refractivity contribution >= 4 is 11.4 Å². The molecule has 1 unspecified atom stereocenters. The Bertz CT molecular complexity index is 1160. The summed E-state index contributed by atoms with van der Waals surface area (Å²) < 4.78 is 41.9. The molecule has 31 heavy (non-hydrogen) atoms. The van der Waals surface area contributed by atoms with Gasteiger partial charge in [0.05, 0.1) is 17.5 Å². The van der Waals surface area contributed by atoms with Crippen LogP contribution in [0.25, 0.3) is 11.5 Å². The number of hydrogen-bond donors (Lipinski definition) is 1. The van der Waals surface area contributed by atoms with Gasteiger partial charge in [0.15, 0.2) is 0 Å². The second kappa shape index (κ2) is 7.84. The minimum Gasteiger partial charge on any atom is -0.337 e. The van der Waals surface area contributed by atoms with Crippen molar-refractivity contribution in [1.29, 1.82) is 0 Å². The molecule has 1 aliphatic heterocycles. The number of nitrogens with zero attached hydrogens (tertiary/aromatic N) is 6. The molecule has 4 rings (SSSR count). The largest absolute Gasteiger partial charge is 0.403 e. The van der Waals surface area contributed by atoms with Gasteiger partial charge in [0.2, 0.25) is 5.95 Å². The highest BCUT2D eigenvalue weighted by Crippen LogP contribution is 2.25. The number of halogens is 3. The van der Waals surface area contributed by atoms with Crippen LogP contribution in [-0.4, -0.2) is 78.5 Å². The zero-order valence-electron chi connectivity index (χ0n) is 17.1. The first-order chi connectivity index (χ1) is 14.7. The van der Waals surface area contributed by atoms with E-state index < -0.39 is 12.2 Å². The van der Waals surface area contributed by atoms with Gasteiger partial charge < -0.3 is 4.90 Å². The average Bonchev–Trinajstić information content (AvgIpc) is 3.26. The van der Waals surface area contributed by atoms with E-state index in [1.807, 2.05) is 0 Å². The molecule has 0 aliphatic carbocycles. The van der Waals surface area contributed by atoms with Gasteiger partial charge in [-0.2, -0.15) is 18.3 Å². The smallest absolute Gasteiger partial charge is 0.337 e. The van der Waals surface area contributed by atoms with E-state index in [2.05, 4.69) is 15.2 Å². The van der Waals surface area contributed by atoms with Crippen LogP contribution in [0, 0.1) is 6.92 Å². The van der Waals surface area contributed by atoms with E-state index in [-0.39, 0.29) is 37.0 Å². The Balaban J connectivity index is 1.55. The SMILES string of the molecule is Cc1c(C(=O)N2CCCN(C(C)C(F)(F)F)CC2)cnn1-c1nn2cccc2c(=O)[nH]1. The normalized spacial score (nSPS) is 17.1. The fourth-order valence-electron chi connectivity index (χ4n) is 3.77. The van der Waals surface area contributed by atoms with Gasteiger partial charge in [-0.25, -0.2) is 9.20 Å². The third-order valence-corrected chi connectivity index (χ3v) is 5.67.